The van der Waals surface area contributed by atoms with Crippen LogP contribution < -0.4 is 5.43 Å². The quantitative estimate of drug-likeness (QED) is 0.690. The molecule has 0 atom stereocenters. The molecule has 98 valence electrons. The first kappa shape index (κ1) is 13.4. The summed E-state index contributed by atoms with van der Waals surface area (Å²) in [7, 11) is 0. The van der Waals surface area contributed by atoms with Gasteiger partial charge in [-0.2, -0.15) is 5.10 Å². The van der Waals surface area contributed by atoms with E-state index in [0.717, 1.165) is 16.3 Å². The summed E-state index contributed by atoms with van der Waals surface area (Å²) in [6.07, 6.45) is 1.63. The van der Waals surface area contributed by atoms with E-state index in [2.05, 4.69) is 15.5 Å². The van der Waals surface area contributed by atoms with E-state index in [0.29, 0.717) is 4.88 Å². The number of hydrazone groups is 1. The first-order valence-electron chi connectivity index (χ1n) is 5.90. The summed E-state index contributed by atoms with van der Waals surface area (Å²) in [4.78, 5) is 16.7. The van der Waals surface area contributed by atoms with Crippen LogP contribution in [0.5, 0.6) is 0 Å². The van der Waals surface area contributed by atoms with Crippen LogP contribution in [0, 0.1) is 20.8 Å². The normalized spacial score (nSPS) is 10.9. The number of amides is 1. The average molecular weight is 273 g/mol. The van der Waals surface area contributed by atoms with E-state index in [1.165, 1.54) is 16.9 Å². The molecule has 0 unspecified atom stereocenters. The molecule has 0 spiro atoms. The maximum atomic E-state index is 11.9. The van der Waals surface area contributed by atoms with Gasteiger partial charge in [0.05, 0.1) is 16.9 Å². The van der Waals surface area contributed by atoms with Gasteiger partial charge in [-0.1, -0.05) is 29.8 Å². The van der Waals surface area contributed by atoms with Crippen LogP contribution in [0.25, 0.3) is 0 Å². The van der Waals surface area contributed by atoms with E-state index < -0.39 is 0 Å². The van der Waals surface area contributed by atoms with Crippen molar-refractivity contribution in [2.75, 3.05) is 0 Å². The van der Waals surface area contributed by atoms with E-state index >= 15 is 0 Å². The van der Waals surface area contributed by atoms with E-state index in [1.54, 1.807) is 6.21 Å². The molecule has 0 radical (unpaired) electrons. The van der Waals surface area contributed by atoms with Crippen LogP contribution in [0.15, 0.2) is 29.4 Å². The first-order chi connectivity index (χ1) is 9.06. The predicted octanol–water partition coefficient (Wildman–Crippen LogP) is 2.83. The highest BCUT2D eigenvalue weighted by Gasteiger charge is 2.12. The van der Waals surface area contributed by atoms with Gasteiger partial charge in [-0.15, -0.1) is 11.3 Å². The monoisotopic (exact) mass is 273 g/mol. The highest BCUT2D eigenvalue weighted by molar-refractivity contribution is 7.13. The predicted molar refractivity (Wildman–Crippen MR) is 77.8 cm³/mol. The maximum Gasteiger partial charge on any atom is 0.283 e. The van der Waals surface area contributed by atoms with Gasteiger partial charge in [0.15, 0.2) is 0 Å². The highest BCUT2D eigenvalue weighted by atomic mass is 32.1. The van der Waals surface area contributed by atoms with Gasteiger partial charge in [-0.25, -0.2) is 10.4 Å². The summed E-state index contributed by atoms with van der Waals surface area (Å²) in [5.41, 5.74) is 5.40. The molecule has 1 aromatic heterocycles. The van der Waals surface area contributed by atoms with Gasteiger partial charge in [0.25, 0.3) is 5.91 Å². The van der Waals surface area contributed by atoms with Crippen LogP contribution in [-0.4, -0.2) is 17.1 Å². The second-order valence-corrected chi connectivity index (χ2v) is 5.46. The Balaban J connectivity index is 2.00. The Bertz CT molecular complexity index is 614. The van der Waals surface area contributed by atoms with E-state index in [1.807, 2.05) is 45.0 Å². The largest absolute Gasteiger partial charge is 0.283 e. The fourth-order valence-corrected chi connectivity index (χ4v) is 2.42. The van der Waals surface area contributed by atoms with Crippen molar-refractivity contribution in [1.29, 1.82) is 0 Å². The third-order valence-corrected chi connectivity index (χ3v) is 3.64. The molecule has 0 aliphatic rings. The number of rotatable bonds is 3. The molecule has 19 heavy (non-hydrogen) atoms. The molecule has 5 heteroatoms. The third kappa shape index (κ3) is 3.48. The summed E-state index contributed by atoms with van der Waals surface area (Å²) in [6.45, 7) is 5.73. The number of nitrogens with one attached hydrogen (secondary N) is 1. The zero-order valence-corrected chi connectivity index (χ0v) is 11.9. The zero-order valence-electron chi connectivity index (χ0n) is 11.1. The number of hydrogen-bond donors (Lipinski definition) is 1. The number of benzene rings is 1. The number of carbonyl (C=O) groups excluding carboxylic acids is 1. The number of aromatic nitrogens is 1. The fourth-order valence-electron chi connectivity index (χ4n) is 1.61. The van der Waals surface area contributed by atoms with Crippen molar-refractivity contribution >= 4 is 23.5 Å². The highest BCUT2D eigenvalue weighted by Crippen LogP contribution is 2.16. The van der Waals surface area contributed by atoms with Gasteiger partial charge in [0, 0.05) is 0 Å². The van der Waals surface area contributed by atoms with E-state index in [9.17, 15) is 4.79 Å². The minimum atomic E-state index is -0.216. The van der Waals surface area contributed by atoms with Crippen molar-refractivity contribution in [3.8, 4) is 0 Å². The van der Waals surface area contributed by atoms with Crippen molar-refractivity contribution < 1.29 is 4.79 Å². The summed E-state index contributed by atoms with van der Waals surface area (Å²) in [6, 6.07) is 7.90. The topological polar surface area (TPSA) is 54.4 Å². The SMILES string of the molecule is Cc1ccc(/C=N/NC(=O)c2sc(C)nc2C)cc1. The van der Waals surface area contributed by atoms with Crippen molar-refractivity contribution in [2.24, 2.45) is 5.10 Å². The van der Waals surface area contributed by atoms with Crippen molar-refractivity contribution in [2.45, 2.75) is 20.8 Å². The number of carbonyl (C=O) groups is 1. The molecule has 1 amide bonds. The van der Waals surface area contributed by atoms with E-state index in [-0.39, 0.29) is 5.91 Å². The lowest BCUT2D eigenvalue weighted by Gasteiger charge is -1.97. The van der Waals surface area contributed by atoms with Gasteiger partial charge >= 0.3 is 0 Å². The molecule has 2 rings (SSSR count). The van der Waals surface area contributed by atoms with Gasteiger partial charge in [0.2, 0.25) is 0 Å². The van der Waals surface area contributed by atoms with Crippen LogP contribution in [0.3, 0.4) is 0 Å². The van der Waals surface area contributed by atoms with E-state index in [4.69, 9.17) is 0 Å². The molecule has 0 bridgehead atoms. The molecule has 1 heterocycles. The van der Waals surface area contributed by atoms with Crippen molar-refractivity contribution in [3.63, 3.8) is 0 Å². The molecular weight excluding hydrogens is 258 g/mol. The molecule has 1 aromatic carbocycles. The molecule has 0 fully saturated rings. The van der Waals surface area contributed by atoms with Crippen LogP contribution in [0.2, 0.25) is 0 Å². The molecule has 0 saturated carbocycles. The number of hydrogen-bond acceptors (Lipinski definition) is 4. The Hall–Kier alpha value is -2.01. The second-order valence-electron chi connectivity index (χ2n) is 4.26. The Morgan fingerprint density at radius 1 is 1.26 bits per heavy atom. The summed E-state index contributed by atoms with van der Waals surface area (Å²) in [5.74, 6) is -0.216. The standard InChI is InChI=1S/C14H15N3OS/c1-9-4-6-12(7-5-9)8-15-17-14(18)13-10(2)16-11(3)19-13/h4-8H,1-3H3,(H,17,18)/b15-8+. The van der Waals surface area contributed by atoms with Crippen LogP contribution in [-0.2, 0) is 0 Å². The van der Waals surface area contributed by atoms with Gasteiger partial charge in [0.1, 0.15) is 4.88 Å². The molecule has 1 N–H and O–H groups in total. The fraction of sp³-hybridized carbons (Fsp3) is 0.214. The zero-order chi connectivity index (χ0) is 13.8. The minimum Gasteiger partial charge on any atom is -0.266 e. The van der Waals surface area contributed by atoms with Gasteiger partial charge in [-0.05, 0) is 26.3 Å². The second kappa shape index (κ2) is 5.75. The van der Waals surface area contributed by atoms with Crippen molar-refractivity contribution in [3.05, 3.63) is 51.0 Å². The number of nitrogens with zero attached hydrogens (tertiary/aromatic N) is 2. The molecular formula is C14H15N3OS. The lowest BCUT2D eigenvalue weighted by molar-refractivity contribution is 0.0958. The first-order valence-corrected chi connectivity index (χ1v) is 6.72. The molecule has 0 saturated heterocycles. The van der Waals surface area contributed by atoms with Gasteiger partial charge < -0.3 is 0 Å². The van der Waals surface area contributed by atoms with Crippen LogP contribution >= 0.6 is 11.3 Å². The summed E-state index contributed by atoms with van der Waals surface area (Å²) >= 11 is 1.37. The Labute approximate surface area is 116 Å². The lowest BCUT2D eigenvalue weighted by atomic mass is 10.2. The minimum absolute atomic E-state index is 0.216. The summed E-state index contributed by atoms with van der Waals surface area (Å²) < 4.78 is 0. The Morgan fingerprint density at radius 3 is 2.53 bits per heavy atom. The lowest BCUT2D eigenvalue weighted by Crippen LogP contribution is -2.17. The van der Waals surface area contributed by atoms with Crippen molar-refractivity contribution in [1.82, 2.24) is 10.4 Å². The summed E-state index contributed by atoms with van der Waals surface area (Å²) in [5, 5.41) is 4.83. The smallest absolute Gasteiger partial charge is 0.266 e. The molecule has 2 aromatic rings. The van der Waals surface area contributed by atoms with Crippen LogP contribution in [0.1, 0.15) is 31.5 Å². The number of aryl methyl sites for hydroxylation is 3. The van der Waals surface area contributed by atoms with Gasteiger partial charge in [-0.3, -0.25) is 4.79 Å². The third-order valence-electron chi connectivity index (χ3n) is 2.57. The maximum absolute atomic E-state index is 11.9. The molecule has 4 nitrogen and oxygen atoms in total. The molecule has 0 aliphatic heterocycles. The number of thiazole rings is 1. The Kier molecular flexibility index (Phi) is 4.06. The Morgan fingerprint density at radius 2 is 1.95 bits per heavy atom. The average Bonchev–Trinajstić information content (AvgIpc) is 2.71. The molecule has 0 aliphatic carbocycles. The van der Waals surface area contributed by atoms with Crippen LogP contribution in [0.4, 0.5) is 0 Å².